The van der Waals surface area contributed by atoms with Crippen molar-refractivity contribution in [1.29, 1.82) is 0 Å². The molecular weight excluding hydrogens is 552 g/mol. The van der Waals surface area contributed by atoms with Crippen molar-refractivity contribution in [3.8, 4) is 5.75 Å². The first-order valence-electron chi connectivity index (χ1n) is 13.1. The number of nitrogens with one attached hydrogen (secondary N) is 1. The summed E-state index contributed by atoms with van der Waals surface area (Å²) < 4.78 is 34.2. The Bertz CT molecular complexity index is 1530. The molecule has 212 valence electrons. The molecule has 0 aliphatic carbocycles. The van der Waals surface area contributed by atoms with Crippen LogP contribution in [0.3, 0.4) is 0 Å². The smallest absolute Gasteiger partial charge is 0.409 e. The monoisotopic (exact) mass is 584 g/mol. The number of carbonyl (C=O) groups is 3. The molecule has 3 unspecified atom stereocenters. The maximum Gasteiger partial charge on any atom is 0.413 e. The number of aromatic nitrogens is 1. The van der Waals surface area contributed by atoms with Crippen LogP contribution in [0.15, 0.2) is 54.0 Å². The predicted molar refractivity (Wildman–Crippen MR) is 151 cm³/mol. The molecule has 0 saturated carbocycles. The van der Waals surface area contributed by atoms with Crippen molar-refractivity contribution in [1.82, 2.24) is 19.5 Å². The Morgan fingerprint density at radius 1 is 1.18 bits per heavy atom. The first kappa shape index (κ1) is 28.2. The quantitative estimate of drug-likeness (QED) is 0.450. The summed E-state index contributed by atoms with van der Waals surface area (Å²) in [6, 6.07) is 10.1. The second-order valence-corrected chi connectivity index (χ2v) is 14.2. The topological polar surface area (TPSA) is 126 Å². The molecule has 4 heterocycles. The van der Waals surface area contributed by atoms with Crippen LogP contribution in [-0.2, 0) is 25.4 Å². The Labute approximate surface area is 237 Å². The fraction of sp³-hybridized carbons (Fsp3) is 0.429. The molecule has 40 heavy (non-hydrogen) atoms. The third-order valence-corrected chi connectivity index (χ3v) is 9.85. The van der Waals surface area contributed by atoms with Crippen LogP contribution in [0, 0.1) is 5.41 Å². The van der Waals surface area contributed by atoms with Crippen molar-refractivity contribution < 1.29 is 27.5 Å². The van der Waals surface area contributed by atoms with Crippen LogP contribution >= 0.6 is 11.3 Å². The van der Waals surface area contributed by atoms with Crippen molar-refractivity contribution in [2.24, 2.45) is 5.41 Å². The van der Waals surface area contributed by atoms with Crippen LogP contribution in [0.4, 0.5) is 4.79 Å². The van der Waals surface area contributed by atoms with Gasteiger partial charge in [0.15, 0.2) is 11.5 Å². The second-order valence-electron chi connectivity index (χ2n) is 11.4. The number of pyridine rings is 1. The molecule has 1 N–H and O–H groups in total. The number of nitrogens with zero attached hydrogens (tertiary/aromatic N) is 3. The predicted octanol–water partition coefficient (Wildman–Crippen LogP) is 3.57. The minimum atomic E-state index is -3.84. The van der Waals surface area contributed by atoms with Crippen molar-refractivity contribution in [3.05, 3.63) is 59.7 Å². The Morgan fingerprint density at radius 2 is 1.93 bits per heavy atom. The summed E-state index contributed by atoms with van der Waals surface area (Å²) in [5.74, 6) is -0.676. The minimum absolute atomic E-state index is 0.210. The zero-order valence-electron chi connectivity index (χ0n) is 22.6. The Hall–Kier alpha value is -3.35. The standard InChI is InChI=1S/C28H32N4O6S2/c1-28(2,3)14-20(30-27(35)38-23-16-39-24-10-5-4-9-19(23)24)26(34)31-13-11-21-25(31)22(33)15-32(21)40(36,37)17-18-8-6-7-12-29-18/h4-10,12,16,20-21,25H,11,13-15,17H2,1-3H3,(H,30,35). The summed E-state index contributed by atoms with van der Waals surface area (Å²) in [4.78, 5) is 45.5. The summed E-state index contributed by atoms with van der Waals surface area (Å²) in [5, 5.41) is 5.26. The largest absolute Gasteiger partial charge is 0.413 e. The maximum absolute atomic E-state index is 13.8. The Balaban J connectivity index is 1.32. The molecule has 1 aromatic carbocycles. The summed E-state index contributed by atoms with van der Waals surface area (Å²) >= 11 is 1.45. The van der Waals surface area contributed by atoms with Crippen LogP contribution in [-0.4, -0.2) is 71.6 Å². The molecule has 2 amide bonds. The van der Waals surface area contributed by atoms with Crippen molar-refractivity contribution in [2.75, 3.05) is 13.1 Å². The van der Waals surface area contributed by atoms with Gasteiger partial charge in [-0.05, 0) is 42.5 Å². The second kappa shape index (κ2) is 10.9. The van der Waals surface area contributed by atoms with Gasteiger partial charge in [-0.3, -0.25) is 14.6 Å². The number of carbonyl (C=O) groups excluding carboxylic acids is 3. The first-order valence-corrected chi connectivity index (χ1v) is 15.6. The van der Waals surface area contributed by atoms with Crippen LogP contribution in [0.1, 0.15) is 39.3 Å². The number of thiophene rings is 1. The lowest BCUT2D eigenvalue weighted by atomic mass is 9.87. The van der Waals surface area contributed by atoms with Gasteiger partial charge >= 0.3 is 6.09 Å². The molecular formula is C28H32N4O6S2. The summed E-state index contributed by atoms with van der Waals surface area (Å²) in [6.07, 6.45) is 1.39. The molecule has 2 saturated heterocycles. The van der Waals surface area contributed by atoms with E-state index in [0.717, 1.165) is 10.1 Å². The van der Waals surface area contributed by atoms with Crippen LogP contribution in [0.25, 0.3) is 10.1 Å². The number of benzene rings is 1. The molecule has 2 aliphatic rings. The van der Waals surface area contributed by atoms with Gasteiger partial charge in [0.05, 0.1) is 18.3 Å². The number of ketones is 1. The van der Waals surface area contributed by atoms with E-state index < -0.39 is 40.1 Å². The lowest BCUT2D eigenvalue weighted by molar-refractivity contribution is -0.138. The van der Waals surface area contributed by atoms with E-state index in [1.54, 1.807) is 23.6 Å². The van der Waals surface area contributed by atoms with Crippen molar-refractivity contribution in [2.45, 2.75) is 57.5 Å². The molecule has 0 radical (unpaired) electrons. The average molecular weight is 585 g/mol. The van der Waals surface area contributed by atoms with Gasteiger partial charge in [0.1, 0.15) is 17.8 Å². The number of rotatable bonds is 7. The zero-order chi connectivity index (χ0) is 28.7. The average Bonchev–Trinajstić information content (AvgIpc) is 3.59. The van der Waals surface area contributed by atoms with Gasteiger partial charge in [-0.25, -0.2) is 13.2 Å². The van der Waals surface area contributed by atoms with Gasteiger partial charge in [-0.2, -0.15) is 4.31 Å². The van der Waals surface area contributed by atoms with Gasteiger partial charge in [-0.15, -0.1) is 11.3 Å². The normalized spacial score (nSPS) is 20.5. The highest BCUT2D eigenvalue weighted by atomic mass is 32.2. The van der Waals surface area contributed by atoms with E-state index in [1.807, 2.05) is 45.0 Å². The molecule has 3 atom stereocenters. The van der Waals surface area contributed by atoms with Crippen molar-refractivity contribution >= 4 is 49.2 Å². The van der Waals surface area contributed by atoms with Crippen molar-refractivity contribution in [3.63, 3.8) is 0 Å². The number of Topliss-reactive ketones (excluding diaryl/α,β-unsaturated/α-hetero) is 1. The summed E-state index contributed by atoms with van der Waals surface area (Å²) in [5.41, 5.74) is 0.0511. The number of amides is 2. The molecule has 2 aliphatic heterocycles. The number of likely N-dealkylation sites (tertiary alicyclic amines) is 1. The molecule has 2 aromatic heterocycles. The lowest BCUT2D eigenvalue weighted by Gasteiger charge is -2.31. The fourth-order valence-electron chi connectivity index (χ4n) is 5.45. The molecule has 2 fully saturated rings. The number of fused-ring (bicyclic) bond motifs is 2. The van der Waals surface area contributed by atoms with Gasteiger partial charge in [0.25, 0.3) is 0 Å². The molecule has 0 spiro atoms. The summed E-state index contributed by atoms with van der Waals surface area (Å²) in [6.45, 7) is 5.77. The minimum Gasteiger partial charge on any atom is -0.409 e. The zero-order valence-corrected chi connectivity index (χ0v) is 24.2. The fourth-order valence-corrected chi connectivity index (χ4v) is 7.98. The highest BCUT2D eigenvalue weighted by Crippen LogP contribution is 2.35. The molecule has 10 nitrogen and oxygen atoms in total. The molecule has 12 heteroatoms. The first-order chi connectivity index (χ1) is 18.9. The number of hydrogen-bond acceptors (Lipinski definition) is 8. The third kappa shape index (κ3) is 5.89. The highest BCUT2D eigenvalue weighted by molar-refractivity contribution is 7.88. The summed E-state index contributed by atoms with van der Waals surface area (Å²) in [7, 11) is -3.84. The van der Waals surface area contributed by atoms with Crippen LogP contribution in [0.2, 0.25) is 0 Å². The van der Waals surface area contributed by atoms with E-state index in [0.29, 0.717) is 24.3 Å². The van der Waals surface area contributed by atoms with Gasteiger partial charge in [-0.1, -0.05) is 39.0 Å². The Morgan fingerprint density at radius 3 is 2.65 bits per heavy atom. The van der Waals surface area contributed by atoms with Gasteiger partial charge in [0.2, 0.25) is 15.9 Å². The Kier molecular flexibility index (Phi) is 7.68. The van der Waals surface area contributed by atoms with E-state index in [2.05, 4.69) is 10.3 Å². The van der Waals surface area contributed by atoms with Gasteiger partial charge in [0, 0.05) is 28.2 Å². The number of hydrogen-bond donors (Lipinski definition) is 1. The van der Waals surface area contributed by atoms with E-state index in [-0.39, 0.29) is 30.0 Å². The molecule has 3 aromatic rings. The van der Waals surface area contributed by atoms with E-state index >= 15 is 0 Å². The highest BCUT2D eigenvalue weighted by Gasteiger charge is 2.54. The SMILES string of the molecule is CC(C)(C)CC(NC(=O)Oc1csc2ccccc12)C(=O)N1CCC2C1C(=O)CN2S(=O)(=O)Cc1ccccn1. The lowest BCUT2D eigenvalue weighted by Crippen LogP contribution is -2.54. The molecule has 0 bridgehead atoms. The van der Waals surface area contributed by atoms with Crippen LogP contribution < -0.4 is 10.1 Å². The van der Waals surface area contributed by atoms with Crippen LogP contribution in [0.5, 0.6) is 5.75 Å². The van der Waals surface area contributed by atoms with E-state index in [4.69, 9.17) is 4.74 Å². The number of sulfonamides is 1. The van der Waals surface area contributed by atoms with E-state index in [1.165, 1.54) is 26.7 Å². The maximum atomic E-state index is 13.8. The third-order valence-electron chi connectivity index (χ3n) is 7.13. The molecule has 5 rings (SSSR count). The van der Waals surface area contributed by atoms with E-state index in [9.17, 15) is 22.8 Å². The van der Waals surface area contributed by atoms with Gasteiger partial charge < -0.3 is 15.0 Å². The number of ether oxygens (including phenoxy) is 1.